The van der Waals surface area contributed by atoms with E-state index in [2.05, 4.69) is 20.3 Å². The second kappa shape index (κ2) is 10.9. The van der Waals surface area contributed by atoms with Crippen LogP contribution in [0.25, 0.3) is 17.1 Å². The van der Waals surface area contributed by atoms with Crippen molar-refractivity contribution in [1.82, 2.24) is 9.97 Å². The fraction of sp³-hybridized carbons (Fsp3) is 0.280. The Bertz CT molecular complexity index is 1300. The lowest BCUT2D eigenvalue weighted by atomic mass is 10.0. The second-order valence-corrected chi connectivity index (χ2v) is 7.90. The number of fused-ring (bicyclic) bond motifs is 1. The number of esters is 1. The molecule has 35 heavy (non-hydrogen) atoms. The number of hydrogen-bond acceptors (Lipinski definition) is 9. The molecule has 1 saturated heterocycles. The Morgan fingerprint density at radius 3 is 2.94 bits per heavy atom. The van der Waals surface area contributed by atoms with Crippen LogP contribution >= 0.6 is 0 Å². The van der Waals surface area contributed by atoms with Crippen LogP contribution in [0.15, 0.2) is 53.5 Å². The Balaban J connectivity index is 1.68. The van der Waals surface area contributed by atoms with E-state index in [9.17, 15) is 9.59 Å². The third kappa shape index (κ3) is 5.39. The van der Waals surface area contributed by atoms with Gasteiger partial charge < -0.3 is 30.0 Å². The maximum atomic E-state index is 13.2. The van der Waals surface area contributed by atoms with Crippen LogP contribution in [-0.4, -0.2) is 64.2 Å². The first kappa shape index (κ1) is 24.1. The number of hydrogen-bond donors (Lipinski definition) is 4. The van der Waals surface area contributed by atoms with E-state index in [0.717, 1.165) is 16.6 Å². The summed E-state index contributed by atoms with van der Waals surface area (Å²) in [4.78, 5) is 37.8. The molecular formula is C25H26N4O6. The highest BCUT2D eigenvalue weighted by molar-refractivity contribution is 6.27. The van der Waals surface area contributed by atoms with Gasteiger partial charge in [0.2, 0.25) is 11.7 Å². The molecule has 182 valence electrons. The number of nitrogens with zero attached hydrogens (tertiary/aromatic N) is 2. The van der Waals surface area contributed by atoms with Gasteiger partial charge in [0.15, 0.2) is 11.7 Å². The van der Waals surface area contributed by atoms with Crippen molar-refractivity contribution in [1.29, 1.82) is 0 Å². The number of allylic oxidation sites excluding steroid dienone is 1. The average Bonchev–Trinajstić information content (AvgIpc) is 3.40. The minimum atomic E-state index is -1.35. The molecule has 10 nitrogen and oxygen atoms in total. The molecule has 1 aliphatic rings. The number of nitrogens with one attached hydrogen (secondary N) is 2. The highest BCUT2D eigenvalue weighted by atomic mass is 16.5. The van der Waals surface area contributed by atoms with Crippen LogP contribution in [0.2, 0.25) is 0 Å². The smallest absolute Gasteiger partial charge is 0.326 e. The van der Waals surface area contributed by atoms with Crippen molar-refractivity contribution in [2.45, 2.75) is 13.3 Å². The normalized spacial score (nSPS) is 17.8. The number of rotatable bonds is 9. The van der Waals surface area contributed by atoms with Gasteiger partial charge in [-0.05, 0) is 48.9 Å². The molecular weight excluding hydrogens is 452 g/mol. The van der Waals surface area contributed by atoms with Gasteiger partial charge in [-0.1, -0.05) is 0 Å². The lowest BCUT2D eigenvalue weighted by Gasteiger charge is -2.10. The summed E-state index contributed by atoms with van der Waals surface area (Å²) in [6.45, 7) is 2.08. The summed E-state index contributed by atoms with van der Waals surface area (Å²) < 4.78 is 11.0. The Labute approximate surface area is 201 Å². The third-order valence-corrected chi connectivity index (χ3v) is 5.39. The third-order valence-electron chi connectivity index (χ3n) is 5.39. The fourth-order valence-electron chi connectivity index (χ4n) is 3.64. The van der Waals surface area contributed by atoms with Crippen LogP contribution in [0.1, 0.15) is 17.5 Å². The Kier molecular flexibility index (Phi) is 7.54. The first-order valence-corrected chi connectivity index (χ1v) is 11.2. The number of pyridine rings is 1. The summed E-state index contributed by atoms with van der Waals surface area (Å²) in [5.74, 6) is -2.81. The number of ether oxygens (including phenoxy) is 2. The number of H-pyrrole nitrogens is 1. The van der Waals surface area contributed by atoms with Crippen molar-refractivity contribution in [3.63, 3.8) is 0 Å². The van der Waals surface area contributed by atoms with Crippen molar-refractivity contribution in [2.75, 3.05) is 31.7 Å². The van der Waals surface area contributed by atoms with Crippen molar-refractivity contribution in [3.05, 3.63) is 59.6 Å². The summed E-state index contributed by atoms with van der Waals surface area (Å²) in [5, 5.41) is 21.8. The molecule has 4 N–H and O–H groups in total. The maximum absolute atomic E-state index is 13.2. The highest BCUT2D eigenvalue weighted by Crippen LogP contribution is 2.31. The Morgan fingerprint density at radius 2 is 2.17 bits per heavy atom. The van der Waals surface area contributed by atoms with Crippen molar-refractivity contribution in [3.8, 4) is 0 Å². The van der Waals surface area contributed by atoms with Crippen LogP contribution in [0, 0.1) is 12.8 Å². The summed E-state index contributed by atoms with van der Waals surface area (Å²) in [5.41, 5.74) is 3.44. The number of benzene rings is 1. The quantitative estimate of drug-likeness (QED) is 0.159. The van der Waals surface area contributed by atoms with E-state index in [4.69, 9.17) is 19.7 Å². The lowest BCUT2D eigenvalue weighted by Crippen LogP contribution is -2.28. The number of carbonyl (C=O) groups excluding carboxylic acids is 2. The number of carbonyl (C=O) groups is 2. The molecule has 1 aromatic carbocycles. The predicted octanol–water partition coefficient (Wildman–Crippen LogP) is 2.49. The Hall–Kier alpha value is -4.02. The molecule has 0 amide bonds. The highest BCUT2D eigenvalue weighted by Gasteiger charge is 2.45. The van der Waals surface area contributed by atoms with Gasteiger partial charge in [0.25, 0.3) is 0 Å². The van der Waals surface area contributed by atoms with Gasteiger partial charge >= 0.3 is 5.97 Å². The SMILES string of the molecule is Cc1cc(NCCO)ccc1N=C1O/C(=C\c2c[nH]c3ncccc23)C(=O)C1C(=O)OCCCO. The summed E-state index contributed by atoms with van der Waals surface area (Å²) in [7, 11) is 0. The van der Waals surface area contributed by atoms with Crippen molar-refractivity contribution < 1.29 is 29.3 Å². The van der Waals surface area contributed by atoms with E-state index in [1.54, 1.807) is 36.7 Å². The Morgan fingerprint density at radius 1 is 1.31 bits per heavy atom. The van der Waals surface area contributed by atoms with Gasteiger partial charge in [0.05, 0.1) is 18.9 Å². The van der Waals surface area contributed by atoms with Crippen molar-refractivity contribution >= 4 is 46.1 Å². The number of ketones is 1. The topological polar surface area (TPSA) is 146 Å². The van der Waals surface area contributed by atoms with Gasteiger partial charge in [-0.25, -0.2) is 9.98 Å². The number of aliphatic hydroxyl groups is 2. The summed E-state index contributed by atoms with van der Waals surface area (Å²) in [6.07, 6.45) is 5.16. The van der Waals surface area contributed by atoms with Crippen LogP contribution in [-0.2, 0) is 19.1 Å². The average molecular weight is 479 g/mol. The zero-order valence-electron chi connectivity index (χ0n) is 19.2. The minimum absolute atomic E-state index is 0.000722. The number of aryl methyl sites for hydroxylation is 1. The molecule has 3 heterocycles. The number of aliphatic imine (C=N–C) groups is 1. The number of aromatic nitrogens is 2. The molecule has 0 radical (unpaired) electrons. The molecule has 10 heteroatoms. The zero-order valence-corrected chi connectivity index (χ0v) is 19.2. The molecule has 1 fully saturated rings. The number of Topliss-reactive ketones (excluding diaryl/α,β-unsaturated/α-hetero) is 1. The zero-order chi connectivity index (χ0) is 24.8. The maximum Gasteiger partial charge on any atom is 0.326 e. The largest absolute Gasteiger partial charge is 0.465 e. The molecule has 0 spiro atoms. The molecule has 0 aliphatic carbocycles. The molecule has 1 atom stereocenters. The standard InChI is InChI=1S/C25H26N4O6/c1-15-12-17(26-8-10-31)5-6-19(15)29-24-21(25(33)34-11-3-9-30)22(32)20(35-24)13-16-14-28-23-18(16)4-2-7-27-23/h2,4-7,12-14,21,26,30-31H,3,8-11H2,1H3,(H,27,28)/b20-13-,29-24?. The van der Waals surface area contributed by atoms with E-state index in [1.165, 1.54) is 0 Å². The molecule has 1 aliphatic heterocycles. The van der Waals surface area contributed by atoms with E-state index >= 15 is 0 Å². The molecule has 0 bridgehead atoms. The van der Waals surface area contributed by atoms with Crippen LogP contribution in [0.3, 0.4) is 0 Å². The summed E-state index contributed by atoms with van der Waals surface area (Å²) in [6, 6.07) is 9.00. The molecule has 4 rings (SSSR count). The minimum Gasteiger partial charge on any atom is -0.465 e. The second-order valence-electron chi connectivity index (χ2n) is 7.90. The fourth-order valence-corrected chi connectivity index (χ4v) is 3.64. The number of aromatic amines is 1. The first-order chi connectivity index (χ1) is 17.0. The van der Waals surface area contributed by atoms with Crippen LogP contribution in [0.5, 0.6) is 0 Å². The lowest BCUT2D eigenvalue weighted by molar-refractivity contribution is -0.148. The first-order valence-electron chi connectivity index (χ1n) is 11.2. The van der Waals surface area contributed by atoms with E-state index in [-0.39, 0.29) is 37.9 Å². The molecule has 2 aromatic heterocycles. The monoisotopic (exact) mass is 478 g/mol. The van der Waals surface area contributed by atoms with Gasteiger partial charge in [-0.15, -0.1) is 0 Å². The molecule has 3 aromatic rings. The van der Waals surface area contributed by atoms with Gasteiger partial charge in [-0.2, -0.15) is 0 Å². The van der Waals surface area contributed by atoms with Crippen molar-refractivity contribution in [2.24, 2.45) is 10.9 Å². The van der Waals surface area contributed by atoms with E-state index < -0.39 is 17.7 Å². The number of aliphatic hydroxyl groups excluding tert-OH is 2. The molecule has 0 saturated carbocycles. The van der Waals surface area contributed by atoms with E-state index in [1.807, 2.05) is 19.1 Å². The van der Waals surface area contributed by atoms with Crippen LogP contribution < -0.4 is 5.32 Å². The summed E-state index contributed by atoms with van der Waals surface area (Å²) >= 11 is 0. The van der Waals surface area contributed by atoms with Gasteiger partial charge in [-0.3, -0.25) is 9.59 Å². The van der Waals surface area contributed by atoms with Gasteiger partial charge in [0, 0.05) is 48.6 Å². The van der Waals surface area contributed by atoms with Gasteiger partial charge in [0.1, 0.15) is 5.65 Å². The molecule has 1 unspecified atom stereocenters. The predicted molar refractivity (Wildman–Crippen MR) is 130 cm³/mol. The number of anilines is 1. The van der Waals surface area contributed by atoms with Crippen LogP contribution in [0.4, 0.5) is 11.4 Å². The van der Waals surface area contributed by atoms with E-state index in [0.29, 0.717) is 23.4 Å².